The van der Waals surface area contributed by atoms with Crippen molar-refractivity contribution in [2.24, 2.45) is 5.92 Å². The summed E-state index contributed by atoms with van der Waals surface area (Å²) in [6, 6.07) is 16.4. The van der Waals surface area contributed by atoms with Gasteiger partial charge in [0.1, 0.15) is 29.8 Å². The van der Waals surface area contributed by atoms with Crippen molar-refractivity contribution in [2.75, 3.05) is 55.6 Å². The number of benzene rings is 2. The predicted molar refractivity (Wildman–Crippen MR) is 215 cm³/mol. The number of halogens is 1. The minimum Gasteiger partial charge on any atom is -0.490 e. The Balaban J connectivity index is 0.696. The van der Waals surface area contributed by atoms with Crippen molar-refractivity contribution in [3.8, 4) is 11.8 Å². The molecule has 1 aliphatic carbocycles. The molecule has 2 aromatic carbocycles. The first kappa shape index (κ1) is 38.3. The summed E-state index contributed by atoms with van der Waals surface area (Å²) in [4.78, 5) is 64.2. The van der Waals surface area contributed by atoms with E-state index in [-0.39, 0.29) is 42.4 Å². The van der Waals surface area contributed by atoms with Gasteiger partial charge in [-0.05, 0) is 93.3 Å². The lowest BCUT2D eigenvalue weighted by atomic mass is 9.92. The fraction of sp³-hybridized carbons (Fsp3) is 0.488. The van der Waals surface area contributed by atoms with E-state index in [0.717, 1.165) is 101 Å². The first-order valence-electron chi connectivity index (χ1n) is 20.5. The molecule has 0 radical (unpaired) electrons. The molecule has 3 atom stereocenters. The summed E-state index contributed by atoms with van der Waals surface area (Å²) in [6.07, 6.45) is 7.01. The van der Waals surface area contributed by atoms with Crippen molar-refractivity contribution in [3.63, 3.8) is 0 Å². The van der Waals surface area contributed by atoms with Crippen molar-refractivity contribution < 1.29 is 28.7 Å². The minimum absolute atomic E-state index is 0.0419. The van der Waals surface area contributed by atoms with E-state index in [4.69, 9.17) is 26.3 Å². The second-order valence-electron chi connectivity index (χ2n) is 16.3. The van der Waals surface area contributed by atoms with Gasteiger partial charge >= 0.3 is 0 Å². The Morgan fingerprint density at radius 1 is 0.931 bits per heavy atom. The SMILES string of the molecule is N#Cc1ccc(OC2CCC(NC(=O)c3ccc(N4CCC(CN5CCN(c6ccc7c(c6)C6OC6N(C6CCC(=O)NC6=O)C7=O)CC5)CC4)nc3)CC2)cc1Cl. The van der Waals surface area contributed by atoms with Crippen LogP contribution in [0.4, 0.5) is 11.5 Å². The van der Waals surface area contributed by atoms with E-state index < -0.39 is 18.2 Å². The highest BCUT2D eigenvalue weighted by molar-refractivity contribution is 6.31. The molecule has 2 N–H and O–H groups in total. The molecule has 14 nitrogen and oxygen atoms in total. The first-order chi connectivity index (χ1) is 28.2. The van der Waals surface area contributed by atoms with Gasteiger partial charge in [0, 0.05) is 87.4 Å². The van der Waals surface area contributed by atoms with Crippen LogP contribution in [0, 0.1) is 17.2 Å². The quantitative estimate of drug-likeness (QED) is 0.233. The van der Waals surface area contributed by atoms with Gasteiger partial charge in [-0.3, -0.25) is 34.3 Å². The van der Waals surface area contributed by atoms with E-state index in [0.29, 0.717) is 39.8 Å². The van der Waals surface area contributed by atoms with Crippen LogP contribution in [-0.2, 0) is 14.3 Å². The van der Waals surface area contributed by atoms with E-state index in [1.165, 1.54) is 4.90 Å². The summed E-state index contributed by atoms with van der Waals surface area (Å²) in [6.45, 7) is 6.67. The Bertz CT molecular complexity index is 2120. The van der Waals surface area contributed by atoms with Gasteiger partial charge in [0.25, 0.3) is 11.8 Å². The molecule has 1 aromatic heterocycles. The largest absolute Gasteiger partial charge is 0.490 e. The number of pyridine rings is 1. The second-order valence-corrected chi connectivity index (χ2v) is 16.7. The number of nitrogens with zero attached hydrogens (tertiary/aromatic N) is 6. The molecule has 5 aliphatic heterocycles. The summed E-state index contributed by atoms with van der Waals surface area (Å²) in [5.74, 6) is 1.12. The Morgan fingerprint density at radius 2 is 1.72 bits per heavy atom. The number of imide groups is 1. The van der Waals surface area contributed by atoms with Crippen LogP contribution in [0.5, 0.6) is 5.75 Å². The molecular weight excluding hydrogens is 760 g/mol. The summed E-state index contributed by atoms with van der Waals surface area (Å²) in [7, 11) is 0. The highest BCUT2D eigenvalue weighted by atomic mass is 35.5. The number of nitrogens with one attached hydrogen (secondary N) is 2. The summed E-state index contributed by atoms with van der Waals surface area (Å²) < 4.78 is 12.0. The number of fused-ring (bicyclic) bond motifs is 3. The predicted octanol–water partition coefficient (Wildman–Crippen LogP) is 4.42. The van der Waals surface area contributed by atoms with Crippen molar-refractivity contribution in [1.29, 1.82) is 5.26 Å². The van der Waals surface area contributed by atoms with Gasteiger partial charge in [-0.15, -0.1) is 0 Å². The van der Waals surface area contributed by atoms with Gasteiger partial charge in [-0.25, -0.2) is 4.98 Å². The number of epoxide rings is 1. The number of piperidine rings is 2. The number of rotatable bonds is 9. The number of nitriles is 1. The van der Waals surface area contributed by atoms with E-state index >= 15 is 0 Å². The van der Waals surface area contributed by atoms with Crippen molar-refractivity contribution in [2.45, 2.75) is 81.9 Å². The van der Waals surface area contributed by atoms with Crippen LogP contribution in [0.25, 0.3) is 0 Å². The molecule has 58 heavy (non-hydrogen) atoms. The number of hydrogen-bond donors (Lipinski definition) is 2. The molecule has 1 saturated carbocycles. The van der Waals surface area contributed by atoms with E-state index in [1.807, 2.05) is 24.3 Å². The van der Waals surface area contributed by atoms with Gasteiger partial charge in [0.2, 0.25) is 11.8 Å². The number of anilines is 2. The molecule has 6 aliphatic rings. The summed E-state index contributed by atoms with van der Waals surface area (Å²) in [5, 5.41) is 15.0. The fourth-order valence-electron chi connectivity index (χ4n) is 9.29. The lowest BCUT2D eigenvalue weighted by Gasteiger charge is -2.40. The monoisotopic (exact) mass is 806 g/mol. The van der Waals surface area contributed by atoms with Gasteiger partial charge in [-0.1, -0.05) is 11.6 Å². The molecule has 4 amide bonds. The number of amides is 4. The number of piperazine rings is 1. The van der Waals surface area contributed by atoms with Crippen LogP contribution in [0.2, 0.25) is 5.02 Å². The molecule has 9 rings (SSSR count). The topological polar surface area (TPSA) is 164 Å². The minimum atomic E-state index is -0.689. The molecule has 5 fully saturated rings. The van der Waals surface area contributed by atoms with Crippen LogP contribution in [0.15, 0.2) is 54.7 Å². The van der Waals surface area contributed by atoms with Gasteiger partial charge < -0.3 is 24.6 Å². The van der Waals surface area contributed by atoms with Crippen LogP contribution in [0.1, 0.15) is 89.3 Å². The standard InChI is InChI=1S/C43H47ClN8O6/c44-35-22-32(6-1-27(35)23-45)57-31-7-3-29(4-8-31)47-40(54)28-2-11-37(46-24-28)51-15-13-26(14-16-51)25-49-17-19-50(20-18-49)30-5-9-33-34(21-30)39-43(58-39)52(42(33)56)36-10-12-38(53)48-41(36)55/h1-2,5-6,9,11,21-22,24,26,29,31,36,39,43H,3-4,7-8,10,12-20,25H2,(H,47,54)(H,48,53,55). The molecule has 3 aromatic rings. The molecule has 4 saturated heterocycles. The maximum atomic E-state index is 13.5. The molecule has 302 valence electrons. The lowest BCUT2D eigenvalue weighted by Crippen LogP contribution is -2.56. The number of carbonyl (C=O) groups is 4. The third-order valence-electron chi connectivity index (χ3n) is 12.7. The Hall–Kier alpha value is -5.23. The smallest absolute Gasteiger partial charge is 0.257 e. The maximum absolute atomic E-state index is 13.5. The Morgan fingerprint density at radius 3 is 2.43 bits per heavy atom. The number of hydrogen-bond acceptors (Lipinski definition) is 11. The van der Waals surface area contributed by atoms with Crippen molar-refractivity contribution in [1.82, 2.24) is 25.4 Å². The normalized spacial score (nSPS) is 26.3. The van der Waals surface area contributed by atoms with Crippen LogP contribution in [0.3, 0.4) is 0 Å². The summed E-state index contributed by atoms with van der Waals surface area (Å²) in [5.41, 5.74) is 3.52. The zero-order chi connectivity index (χ0) is 39.9. The maximum Gasteiger partial charge on any atom is 0.257 e. The zero-order valence-corrected chi connectivity index (χ0v) is 33.0. The van der Waals surface area contributed by atoms with Crippen LogP contribution >= 0.6 is 11.6 Å². The first-order valence-corrected chi connectivity index (χ1v) is 20.9. The third kappa shape index (κ3) is 7.95. The number of aromatic nitrogens is 1. The van der Waals surface area contributed by atoms with Gasteiger partial charge in [0.05, 0.1) is 22.3 Å². The van der Waals surface area contributed by atoms with Crippen LogP contribution < -0.4 is 25.2 Å². The molecule has 15 heteroatoms. The average Bonchev–Trinajstić information content (AvgIpc) is 4.04. The lowest BCUT2D eigenvalue weighted by molar-refractivity contribution is -0.137. The van der Waals surface area contributed by atoms with E-state index in [1.54, 1.807) is 24.4 Å². The molecule has 3 unspecified atom stereocenters. The highest BCUT2D eigenvalue weighted by Gasteiger charge is 2.56. The molecule has 6 heterocycles. The van der Waals surface area contributed by atoms with Gasteiger partial charge in [0.15, 0.2) is 6.23 Å². The average molecular weight is 807 g/mol. The zero-order valence-electron chi connectivity index (χ0n) is 32.3. The van der Waals surface area contributed by atoms with Gasteiger partial charge in [-0.2, -0.15) is 5.26 Å². The Labute approximate surface area is 342 Å². The molecular formula is C43H47ClN8O6. The highest BCUT2D eigenvalue weighted by Crippen LogP contribution is 2.49. The third-order valence-corrected chi connectivity index (χ3v) is 13.0. The molecule has 0 spiro atoms. The number of carbonyl (C=O) groups excluding carboxylic acids is 4. The van der Waals surface area contributed by atoms with E-state index in [2.05, 4.69) is 42.5 Å². The van der Waals surface area contributed by atoms with Crippen molar-refractivity contribution >= 4 is 46.7 Å². The number of ether oxygens (including phenoxy) is 2. The van der Waals surface area contributed by atoms with E-state index in [9.17, 15) is 19.2 Å². The summed E-state index contributed by atoms with van der Waals surface area (Å²) >= 11 is 6.16. The fourth-order valence-corrected chi connectivity index (χ4v) is 9.51. The Kier molecular flexibility index (Phi) is 10.7. The van der Waals surface area contributed by atoms with Crippen molar-refractivity contribution in [3.05, 3.63) is 82.0 Å². The molecule has 0 bridgehead atoms. The second kappa shape index (κ2) is 16.2. The van der Waals surface area contributed by atoms with Crippen LogP contribution in [-0.4, -0.2) is 109 Å².